The van der Waals surface area contributed by atoms with E-state index in [1.54, 1.807) is 16.4 Å². The number of carbonyl (C=O) groups excluding carboxylic acids is 1. The van der Waals surface area contributed by atoms with Gasteiger partial charge in [-0.15, -0.1) is 0 Å². The SMILES string of the molecule is CC(NC(=O)c1ccc(S(=O)(=O)N2CCCCCC2)cc1)c1ccccc1. The van der Waals surface area contributed by atoms with E-state index in [-0.39, 0.29) is 16.8 Å². The van der Waals surface area contributed by atoms with E-state index in [9.17, 15) is 13.2 Å². The zero-order chi connectivity index (χ0) is 19.3. The van der Waals surface area contributed by atoms with Gasteiger partial charge in [-0.1, -0.05) is 43.2 Å². The topological polar surface area (TPSA) is 66.5 Å². The Morgan fingerprint density at radius 1 is 0.926 bits per heavy atom. The summed E-state index contributed by atoms with van der Waals surface area (Å²) in [7, 11) is -3.49. The van der Waals surface area contributed by atoms with E-state index in [2.05, 4.69) is 5.32 Å². The second-order valence-corrected chi connectivity index (χ2v) is 8.89. The Bertz CT molecular complexity index is 856. The van der Waals surface area contributed by atoms with Crippen LogP contribution in [0.15, 0.2) is 59.5 Å². The molecule has 5 nitrogen and oxygen atoms in total. The number of sulfonamides is 1. The van der Waals surface area contributed by atoms with Crippen molar-refractivity contribution in [2.24, 2.45) is 0 Å². The molecular formula is C21H26N2O3S. The van der Waals surface area contributed by atoms with Gasteiger partial charge in [-0.05, 0) is 49.6 Å². The van der Waals surface area contributed by atoms with Crippen molar-refractivity contribution in [3.05, 3.63) is 65.7 Å². The van der Waals surface area contributed by atoms with Gasteiger partial charge in [0.25, 0.3) is 5.91 Å². The van der Waals surface area contributed by atoms with E-state index in [1.165, 1.54) is 12.1 Å². The smallest absolute Gasteiger partial charge is 0.251 e. The number of benzene rings is 2. The minimum absolute atomic E-state index is 0.126. The maximum Gasteiger partial charge on any atom is 0.251 e. The van der Waals surface area contributed by atoms with Gasteiger partial charge in [0.2, 0.25) is 10.0 Å². The lowest BCUT2D eigenvalue weighted by Gasteiger charge is -2.20. The number of rotatable bonds is 5. The molecule has 1 unspecified atom stereocenters. The van der Waals surface area contributed by atoms with Gasteiger partial charge in [-0.3, -0.25) is 4.79 Å². The molecule has 1 saturated heterocycles. The van der Waals surface area contributed by atoms with Crippen LogP contribution in [-0.2, 0) is 10.0 Å². The second-order valence-electron chi connectivity index (χ2n) is 6.95. The average Bonchev–Trinajstić information content (AvgIpc) is 2.99. The van der Waals surface area contributed by atoms with Crippen LogP contribution in [0, 0.1) is 0 Å². The van der Waals surface area contributed by atoms with Crippen LogP contribution in [0.2, 0.25) is 0 Å². The molecule has 0 saturated carbocycles. The number of hydrogen-bond acceptors (Lipinski definition) is 3. The van der Waals surface area contributed by atoms with Crippen LogP contribution in [0.5, 0.6) is 0 Å². The molecule has 2 aromatic carbocycles. The zero-order valence-electron chi connectivity index (χ0n) is 15.6. The molecule has 2 aromatic rings. The van der Waals surface area contributed by atoms with Crippen molar-refractivity contribution in [2.75, 3.05) is 13.1 Å². The minimum Gasteiger partial charge on any atom is -0.346 e. The van der Waals surface area contributed by atoms with E-state index in [0.29, 0.717) is 18.7 Å². The summed E-state index contributed by atoms with van der Waals surface area (Å²) < 4.78 is 27.2. The van der Waals surface area contributed by atoms with Gasteiger partial charge in [0.1, 0.15) is 0 Å². The third-order valence-electron chi connectivity index (χ3n) is 4.97. The molecule has 0 bridgehead atoms. The van der Waals surface area contributed by atoms with Gasteiger partial charge >= 0.3 is 0 Å². The Hall–Kier alpha value is -2.18. The third kappa shape index (κ3) is 4.76. The van der Waals surface area contributed by atoms with Crippen molar-refractivity contribution in [1.29, 1.82) is 0 Å². The molecule has 1 amide bonds. The van der Waals surface area contributed by atoms with Crippen molar-refractivity contribution < 1.29 is 13.2 Å². The fourth-order valence-corrected chi connectivity index (χ4v) is 4.83. The molecule has 144 valence electrons. The Morgan fingerprint density at radius 3 is 2.11 bits per heavy atom. The lowest BCUT2D eigenvalue weighted by Crippen LogP contribution is -2.32. The van der Waals surface area contributed by atoms with Gasteiger partial charge in [0.05, 0.1) is 10.9 Å². The first-order valence-electron chi connectivity index (χ1n) is 9.44. The summed E-state index contributed by atoms with van der Waals surface area (Å²) in [6.07, 6.45) is 3.95. The van der Waals surface area contributed by atoms with E-state index >= 15 is 0 Å². The molecule has 3 rings (SSSR count). The molecule has 27 heavy (non-hydrogen) atoms. The second kappa shape index (κ2) is 8.67. The fourth-order valence-electron chi connectivity index (χ4n) is 3.31. The summed E-state index contributed by atoms with van der Waals surface area (Å²) in [5.74, 6) is -0.218. The first kappa shape index (κ1) is 19.6. The summed E-state index contributed by atoms with van der Waals surface area (Å²) in [5, 5.41) is 2.94. The van der Waals surface area contributed by atoms with Gasteiger partial charge in [-0.25, -0.2) is 8.42 Å². The summed E-state index contributed by atoms with van der Waals surface area (Å²) in [6.45, 7) is 3.06. The highest BCUT2D eigenvalue weighted by Gasteiger charge is 2.25. The van der Waals surface area contributed by atoms with Crippen LogP contribution in [0.4, 0.5) is 0 Å². The largest absolute Gasteiger partial charge is 0.346 e. The number of nitrogens with zero attached hydrogens (tertiary/aromatic N) is 1. The lowest BCUT2D eigenvalue weighted by molar-refractivity contribution is 0.0940. The molecule has 1 N–H and O–H groups in total. The monoisotopic (exact) mass is 386 g/mol. The van der Waals surface area contributed by atoms with Crippen LogP contribution in [-0.4, -0.2) is 31.7 Å². The van der Waals surface area contributed by atoms with Crippen molar-refractivity contribution >= 4 is 15.9 Å². The van der Waals surface area contributed by atoms with Crippen LogP contribution in [0.3, 0.4) is 0 Å². The number of nitrogens with one attached hydrogen (secondary N) is 1. The molecule has 0 aliphatic carbocycles. The highest BCUT2D eigenvalue weighted by atomic mass is 32.2. The lowest BCUT2D eigenvalue weighted by atomic mass is 10.1. The molecule has 1 fully saturated rings. The van der Waals surface area contributed by atoms with Gasteiger partial charge in [-0.2, -0.15) is 4.31 Å². The predicted octanol–water partition coefficient (Wildman–Crippen LogP) is 3.74. The van der Waals surface area contributed by atoms with Crippen LogP contribution in [0.1, 0.15) is 54.6 Å². The Morgan fingerprint density at radius 2 is 1.52 bits per heavy atom. The van der Waals surface area contributed by atoms with Gasteiger partial charge in [0, 0.05) is 18.7 Å². The molecule has 1 aliphatic rings. The highest BCUT2D eigenvalue weighted by Crippen LogP contribution is 2.21. The van der Waals surface area contributed by atoms with Gasteiger partial charge < -0.3 is 5.32 Å². The van der Waals surface area contributed by atoms with Crippen LogP contribution < -0.4 is 5.32 Å². The van der Waals surface area contributed by atoms with Crippen LogP contribution in [0.25, 0.3) is 0 Å². The maximum absolute atomic E-state index is 12.8. The molecule has 1 heterocycles. The quantitative estimate of drug-likeness (QED) is 0.851. The Labute approximate surface area is 161 Å². The summed E-state index contributed by atoms with van der Waals surface area (Å²) in [6, 6.07) is 15.8. The summed E-state index contributed by atoms with van der Waals surface area (Å²) in [5.41, 5.74) is 1.47. The fraction of sp³-hybridized carbons (Fsp3) is 0.381. The molecule has 0 radical (unpaired) electrons. The molecular weight excluding hydrogens is 360 g/mol. The first-order valence-corrected chi connectivity index (χ1v) is 10.9. The van der Waals surface area contributed by atoms with Crippen molar-refractivity contribution in [2.45, 2.75) is 43.5 Å². The number of amides is 1. The summed E-state index contributed by atoms with van der Waals surface area (Å²) in [4.78, 5) is 12.7. The van der Waals surface area contributed by atoms with Crippen molar-refractivity contribution in [3.63, 3.8) is 0 Å². The molecule has 0 aromatic heterocycles. The van der Waals surface area contributed by atoms with Crippen LogP contribution >= 0.6 is 0 Å². The molecule has 1 atom stereocenters. The van der Waals surface area contributed by atoms with E-state index < -0.39 is 10.0 Å². The normalized spacial score (nSPS) is 17.1. The highest BCUT2D eigenvalue weighted by molar-refractivity contribution is 7.89. The first-order chi connectivity index (χ1) is 13.0. The maximum atomic E-state index is 12.8. The average molecular weight is 387 g/mol. The molecule has 0 spiro atoms. The van der Waals surface area contributed by atoms with E-state index in [0.717, 1.165) is 31.2 Å². The number of hydrogen-bond donors (Lipinski definition) is 1. The van der Waals surface area contributed by atoms with Crippen molar-refractivity contribution in [1.82, 2.24) is 9.62 Å². The predicted molar refractivity (Wildman–Crippen MR) is 106 cm³/mol. The van der Waals surface area contributed by atoms with Gasteiger partial charge in [0.15, 0.2) is 0 Å². The molecule has 6 heteroatoms. The molecule has 1 aliphatic heterocycles. The van der Waals surface area contributed by atoms with E-state index in [1.807, 2.05) is 37.3 Å². The zero-order valence-corrected chi connectivity index (χ0v) is 16.4. The minimum atomic E-state index is -3.49. The van der Waals surface area contributed by atoms with Crippen molar-refractivity contribution in [3.8, 4) is 0 Å². The third-order valence-corrected chi connectivity index (χ3v) is 6.88. The Kier molecular flexibility index (Phi) is 6.29. The summed E-state index contributed by atoms with van der Waals surface area (Å²) >= 11 is 0. The standard InChI is InChI=1S/C21H26N2O3S/c1-17(18-9-5-4-6-10-18)22-21(24)19-11-13-20(14-12-19)27(25,26)23-15-7-2-3-8-16-23/h4-6,9-14,17H,2-3,7-8,15-16H2,1H3,(H,22,24). The Balaban J connectivity index is 1.70. The number of carbonyl (C=O) groups is 1. The van der Waals surface area contributed by atoms with E-state index in [4.69, 9.17) is 0 Å².